The third-order valence-corrected chi connectivity index (χ3v) is 4.60. The van der Waals surface area contributed by atoms with Gasteiger partial charge in [0.25, 0.3) is 0 Å². The summed E-state index contributed by atoms with van der Waals surface area (Å²) >= 11 is 0.576. The van der Waals surface area contributed by atoms with Crippen molar-refractivity contribution >= 4 is 17.7 Å². The van der Waals surface area contributed by atoms with E-state index in [2.05, 4.69) is 5.48 Å². The zero-order valence-corrected chi connectivity index (χ0v) is 14.8. The number of methoxy groups -OCH3 is 1. The number of hydroxylamine groups is 1. The third-order valence-electron chi connectivity index (χ3n) is 3.34. The van der Waals surface area contributed by atoms with E-state index in [0.717, 1.165) is 5.56 Å². The van der Waals surface area contributed by atoms with Crippen molar-refractivity contribution in [2.45, 2.75) is 29.3 Å². The van der Waals surface area contributed by atoms with E-state index in [1.165, 1.54) is 19.2 Å². The minimum absolute atomic E-state index is 0.0783. The number of halogens is 3. The summed E-state index contributed by atoms with van der Waals surface area (Å²) in [6.45, 7) is 0.0783. The van der Waals surface area contributed by atoms with Crippen LogP contribution in [0.15, 0.2) is 59.5 Å². The van der Waals surface area contributed by atoms with Gasteiger partial charge in [-0.25, -0.2) is 5.48 Å². The minimum atomic E-state index is -4.53. The molecule has 0 fully saturated rings. The van der Waals surface area contributed by atoms with Gasteiger partial charge in [0, 0.05) is 11.3 Å². The average molecular weight is 385 g/mol. The van der Waals surface area contributed by atoms with Crippen molar-refractivity contribution in [1.29, 1.82) is 0 Å². The molecular formula is C18H18F3NO3S. The summed E-state index contributed by atoms with van der Waals surface area (Å²) in [5.41, 5.74) is 2.86. The highest BCUT2D eigenvalue weighted by Crippen LogP contribution is 2.37. The number of alkyl halides is 3. The number of nitrogens with one attached hydrogen (secondary N) is 1. The number of carbonyl (C=O) groups is 1. The van der Waals surface area contributed by atoms with Crippen molar-refractivity contribution in [2.75, 3.05) is 7.11 Å². The monoisotopic (exact) mass is 385 g/mol. The molecule has 2 aromatic rings. The van der Waals surface area contributed by atoms with Crippen molar-refractivity contribution in [3.05, 3.63) is 60.2 Å². The maximum atomic E-state index is 13.2. The highest BCUT2D eigenvalue weighted by Gasteiger charge is 2.41. The zero-order chi connectivity index (χ0) is 19.0. The van der Waals surface area contributed by atoms with Gasteiger partial charge in [-0.1, -0.05) is 30.3 Å². The van der Waals surface area contributed by atoms with Crippen molar-refractivity contribution in [3.63, 3.8) is 0 Å². The highest BCUT2D eigenvalue weighted by molar-refractivity contribution is 8.00. The molecule has 1 atom stereocenters. The molecule has 1 amide bonds. The second kappa shape index (κ2) is 9.49. The van der Waals surface area contributed by atoms with E-state index in [1.807, 2.05) is 6.07 Å². The van der Waals surface area contributed by atoms with Gasteiger partial charge in [0.05, 0.1) is 13.7 Å². The molecule has 0 aromatic heterocycles. The molecule has 2 rings (SSSR count). The maximum Gasteiger partial charge on any atom is 0.401 e. The van der Waals surface area contributed by atoms with E-state index < -0.39 is 23.8 Å². The summed E-state index contributed by atoms with van der Waals surface area (Å²) in [6.07, 6.45) is -5.27. The Kier molecular flexibility index (Phi) is 7.35. The Bertz CT molecular complexity index is 693. The first-order valence-corrected chi connectivity index (χ1v) is 8.58. The molecule has 26 heavy (non-hydrogen) atoms. The normalized spacial score (nSPS) is 12.5. The molecule has 0 aliphatic rings. The number of hydrogen-bond acceptors (Lipinski definition) is 4. The number of hydrogen-bond donors (Lipinski definition) is 1. The predicted octanol–water partition coefficient (Wildman–Crippen LogP) is 4.36. The van der Waals surface area contributed by atoms with Crippen LogP contribution in [0.3, 0.4) is 0 Å². The summed E-state index contributed by atoms with van der Waals surface area (Å²) in [4.78, 5) is 17.2. The molecule has 0 aliphatic heterocycles. The molecule has 2 aromatic carbocycles. The van der Waals surface area contributed by atoms with Crippen LogP contribution in [0.4, 0.5) is 13.2 Å². The van der Waals surface area contributed by atoms with E-state index >= 15 is 0 Å². The van der Waals surface area contributed by atoms with E-state index in [1.54, 1.807) is 36.4 Å². The molecule has 8 heteroatoms. The van der Waals surface area contributed by atoms with Crippen LogP contribution in [0.2, 0.25) is 0 Å². The van der Waals surface area contributed by atoms with E-state index in [-0.39, 0.29) is 6.61 Å². The Labute approximate surface area is 153 Å². The van der Waals surface area contributed by atoms with E-state index in [9.17, 15) is 18.0 Å². The summed E-state index contributed by atoms with van der Waals surface area (Å²) in [7, 11) is 1.47. The molecule has 0 bridgehead atoms. The van der Waals surface area contributed by atoms with Crippen LogP contribution in [0.5, 0.6) is 5.75 Å². The smallest absolute Gasteiger partial charge is 0.401 e. The van der Waals surface area contributed by atoms with Gasteiger partial charge < -0.3 is 4.74 Å². The van der Waals surface area contributed by atoms with Crippen molar-refractivity contribution in [2.24, 2.45) is 0 Å². The molecule has 0 saturated carbocycles. The zero-order valence-electron chi connectivity index (χ0n) is 14.0. The van der Waals surface area contributed by atoms with Crippen molar-refractivity contribution in [3.8, 4) is 5.75 Å². The van der Waals surface area contributed by atoms with Crippen LogP contribution in [-0.2, 0) is 16.2 Å². The lowest BCUT2D eigenvalue weighted by atomic mass is 10.2. The predicted molar refractivity (Wildman–Crippen MR) is 92.7 cm³/mol. The van der Waals surface area contributed by atoms with E-state index in [0.29, 0.717) is 22.4 Å². The van der Waals surface area contributed by atoms with Gasteiger partial charge in [-0.15, -0.1) is 11.8 Å². The molecule has 0 saturated heterocycles. The quantitative estimate of drug-likeness (QED) is 0.542. The number of amides is 1. The van der Waals surface area contributed by atoms with Gasteiger partial charge in [-0.05, 0) is 29.8 Å². The fourth-order valence-electron chi connectivity index (χ4n) is 2.03. The van der Waals surface area contributed by atoms with Gasteiger partial charge in [-0.3, -0.25) is 9.63 Å². The van der Waals surface area contributed by atoms with Crippen molar-refractivity contribution < 1.29 is 27.5 Å². The van der Waals surface area contributed by atoms with Crippen LogP contribution >= 0.6 is 11.8 Å². The molecule has 1 N–H and O–H groups in total. The van der Waals surface area contributed by atoms with Crippen LogP contribution < -0.4 is 10.2 Å². The number of thioether (sulfide) groups is 1. The van der Waals surface area contributed by atoms with Gasteiger partial charge >= 0.3 is 6.18 Å². The standard InChI is InChI=1S/C18H18F3NO3S/c1-24-14-7-9-15(10-8-14)26-16(18(19,20)21)11-17(23)22-25-12-13-5-3-2-4-6-13/h2-10,16H,11-12H2,1H3,(H,22,23). The SMILES string of the molecule is COc1ccc(SC(CC(=O)NOCc2ccccc2)C(F)(F)F)cc1. The molecule has 1 unspecified atom stereocenters. The second-order valence-electron chi connectivity index (χ2n) is 5.33. The Balaban J connectivity index is 1.88. The van der Waals surface area contributed by atoms with Gasteiger partial charge in [-0.2, -0.15) is 13.2 Å². The van der Waals surface area contributed by atoms with E-state index in [4.69, 9.17) is 9.57 Å². The van der Waals surface area contributed by atoms with Gasteiger partial charge in [0.15, 0.2) is 0 Å². The Morgan fingerprint density at radius 1 is 1.12 bits per heavy atom. The maximum absolute atomic E-state index is 13.2. The lowest BCUT2D eigenvalue weighted by molar-refractivity contribution is -0.147. The van der Waals surface area contributed by atoms with Crippen LogP contribution in [0.1, 0.15) is 12.0 Å². The number of benzene rings is 2. The molecule has 4 nitrogen and oxygen atoms in total. The summed E-state index contributed by atoms with van der Waals surface area (Å²) < 4.78 is 44.7. The lowest BCUT2D eigenvalue weighted by Gasteiger charge is -2.19. The highest BCUT2D eigenvalue weighted by atomic mass is 32.2. The first-order valence-electron chi connectivity index (χ1n) is 7.70. The Hall–Kier alpha value is -2.19. The lowest BCUT2D eigenvalue weighted by Crippen LogP contribution is -2.33. The van der Waals surface area contributed by atoms with Gasteiger partial charge in [0.2, 0.25) is 5.91 Å². The van der Waals surface area contributed by atoms with Crippen LogP contribution in [0.25, 0.3) is 0 Å². The summed E-state index contributed by atoms with van der Waals surface area (Å²) in [6, 6.07) is 15.2. The average Bonchev–Trinajstić information content (AvgIpc) is 2.62. The summed E-state index contributed by atoms with van der Waals surface area (Å²) in [5.74, 6) is -0.283. The van der Waals surface area contributed by atoms with Gasteiger partial charge in [0.1, 0.15) is 11.0 Å². The molecule has 0 heterocycles. The molecular weight excluding hydrogens is 367 g/mol. The number of carbonyl (C=O) groups excluding carboxylic acids is 1. The second-order valence-corrected chi connectivity index (χ2v) is 6.60. The third kappa shape index (κ3) is 6.61. The Morgan fingerprint density at radius 2 is 1.77 bits per heavy atom. The first-order chi connectivity index (χ1) is 12.4. The summed E-state index contributed by atoms with van der Waals surface area (Å²) in [5, 5.41) is -1.88. The molecule has 0 radical (unpaired) electrons. The number of ether oxygens (including phenoxy) is 1. The topological polar surface area (TPSA) is 47.6 Å². The molecule has 0 spiro atoms. The van der Waals surface area contributed by atoms with Crippen LogP contribution in [0, 0.1) is 0 Å². The molecule has 0 aliphatic carbocycles. The largest absolute Gasteiger partial charge is 0.497 e. The van der Waals surface area contributed by atoms with Crippen molar-refractivity contribution in [1.82, 2.24) is 5.48 Å². The van der Waals surface area contributed by atoms with Crippen LogP contribution in [-0.4, -0.2) is 24.4 Å². The fraction of sp³-hybridized carbons (Fsp3) is 0.278. The fourth-order valence-corrected chi connectivity index (χ4v) is 3.02. The number of rotatable bonds is 8. The molecule has 140 valence electrons. The minimum Gasteiger partial charge on any atom is -0.497 e. The first kappa shape index (κ1) is 20.1. The Morgan fingerprint density at radius 3 is 2.35 bits per heavy atom.